The Kier molecular flexibility index (Phi) is 4.09. The van der Waals surface area contributed by atoms with Crippen LogP contribution in [-0.2, 0) is 9.63 Å². The number of carbonyl (C=O) groups is 1. The van der Waals surface area contributed by atoms with Crippen LogP contribution in [0, 0.1) is 5.41 Å². The maximum Gasteiger partial charge on any atom is 0.329 e. The largest absolute Gasteiger partial charge is 0.370 e. The van der Waals surface area contributed by atoms with Gasteiger partial charge in [0.15, 0.2) is 0 Å². The molecule has 0 unspecified atom stereocenters. The van der Waals surface area contributed by atoms with Gasteiger partial charge >= 0.3 is 5.97 Å². The summed E-state index contributed by atoms with van der Waals surface area (Å²) in [7, 11) is 0. The van der Waals surface area contributed by atoms with Crippen molar-refractivity contribution in [2.45, 2.75) is 27.2 Å². The molecule has 0 aliphatic heterocycles. The first-order valence-corrected chi connectivity index (χ1v) is 3.56. The van der Waals surface area contributed by atoms with Crippen molar-refractivity contribution in [3.05, 3.63) is 0 Å². The Labute approximate surface area is 70.0 Å². The molecule has 0 radical (unpaired) electrons. The van der Waals surface area contributed by atoms with E-state index in [1.165, 1.54) is 0 Å². The Balaban J connectivity index is 3.59. The van der Waals surface area contributed by atoms with Crippen LogP contribution in [0.5, 0.6) is 0 Å². The van der Waals surface area contributed by atoms with Gasteiger partial charge < -0.3 is 4.84 Å². The fraction of sp³-hybridized carbons (Fsp3) is 0.857. The van der Waals surface area contributed by atoms with Gasteiger partial charge in [-0.2, -0.15) is 0 Å². The fourth-order valence-corrected chi connectivity index (χ4v) is 0.323. The van der Waals surface area contributed by atoms with E-state index in [0.29, 0.717) is 0 Å². The Morgan fingerprint density at radius 3 is 2.33 bits per heavy atom. The molecule has 0 aromatic carbocycles. The van der Waals surface area contributed by atoms with Gasteiger partial charge in [0, 0.05) is 0 Å². The van der Waals surface area contributed by atoms with Crippen LogP contribution < -0.4 is 5.48 Å². The summed E-state index contributed by atoms with van der Waals surface area (Å²) in [5, 5.41) is 0. The molecular weight excluding hydrogens is 168 g/mol. The molecular formula is C7H13F2NO2. The summed E-state index contributed by atoms with van der Waals surface area (Å²) >= 11 is 0. The maximum atomic E-state index is 11.5. The molecule has 5 heteroatoms. The molecule has 0 saturated heterocycles. The lowest BCUT2D eigenvalue weighted by Gasteiger charge is -2.15. The van der Waals surface area contributed by atoms with Crippen LogP contribution >= 0.6 is 0 Å². The number of hydrogen-bond acceptors (Lipinski definition) is 3. The first-order chi connectivity index (χ1) is 5.34. The highest BCUT2D eigenvalue weighted by Gasteiger charge is 2.23. The number of nitrogens with one attached hydrogen (secondary N) is 1. The topological polar surface area (TPSA) is 38.3 Å². The molecule has 3 nitrogen and oxygen atoms in total. The summed E-state index contributed by atoms with van der Waals surface area (Å²) in [6, 6.07) is 0. The van der Waals surface area contributed by atoms with Crippen LogP contribution in [0.25, 0.3) is 0 Å². The van der Waals surface area contributed by atoms with Gasteiger partial charge in [-0.15, -0.1) is 5.48 Å². The molecule has 0 saturated carbocycles. The minimum atomic E-state index is -2.52. The summed E-state index contributed by atoms with van der Waals surface area (Å²) in [5.41, 5.74) is 1.22. The highest BCUT2D eigenvalue weighted by atomic mass is 19.3. The highest BCUT2D eigenvalue weighted by Crippen LogP contribution is 2.13. The average molecular weight is 181 g/mol. The molecule has 0 aromatic rings. The third-order valence-corrected chi connectivity index (χ3v) is 1.01. The third kappa shape index (κ3) is 5.01. The van der Waals surface area contributed by atoms with Gasteiger partial charge in [0.2, 0.25) is 0 Å². The molecule has 0 atom stereocenters. The molecule has 72 valence electrons. The minimum Gasteiger partial charge on any atom is -0.370 e. The number of hydroxylamine groups is 1. The van der Waals surface area contributed by atoms with Crippen molar-refractivity contribution in [1.29, 1.82) is 0 Å². The molecule has 0 amide bonds. The molecule has 12 heavy (non-hydrogen) atoms. The third-order valence-electron chi connectivity index (χ3n) is 1.01. The molecule has 0 spiro atoms. The van der Waals surface area contributed by atoms with Gasteiger partial charge in [0.1, 0.15) is 0 Å². The quantitative estimate of drug-likeness (QED) is 0.668. The average Bonchev–Trinajstić information content (AvgIpc) is 1.84. The molecule has 0 aliphatic rings. The number of carbonyl (C=O) groups excluding carboxylic acids is 1. The zero-order chi connectivity index (χ0) is 9.78. The van der Waals surface area contributed by atoms with Gasteiger partial charge in [-0.05, 0) is 20.8 Å². The Morgan fingerprint density at radius 1 is 1.50 bits per heavy atom. The van der Waals surface area contributed by atoms with E-state index in [1.54, 1.807) is 20.8 Å². The molecule has 0 aliphatic carbocycles. The van der Waals surface area contributed by atoms with E-state index < -0.39 is 24.4 Å². The zero-order valence-electron chi connectivity index (χ0n) is 7.36. The lowest BCUT2D eigenvalue weighted by Crippen LogP contribution is -2.31. The van der Waals surface area contributed by atoms with E-state index >= 15 is 0 Å². The smallest absolute Gasteiger partial charge is 0.329 e. The first-order valence-electron chi connectivity index (χ1n) is 3.56. The van der Waals surface area contributed by atoms with Crippen molar-refractivity contribution >= 4 is 5.97 Å². The van der Waals surface area contributed by atoms with Crippen molar-refractivity contribution in [3.8, 4) is 0 Å². The summed E-state index contributed by atoms with van der Waals surface area (Å²) in [6.45, 7) is 4.28. The van der Waals surface area contributed by atoms with Gasteiger partial charge in [0.05, 0.1) is 12.0 Å². The van der Waals surface area contributed by atoms with Crippen LogP contribution in [0.4, 0.5) is 8.78 Å². The SMILES string of the molecule is CC(C)(C)C(=O)ONCC(F)F. The number of hydrogen-bond donors (Lipinski definition) is 1. The molecule has 0 aromatic heterocycles. The van der Waals surface area contributed by atoms with E-state index in [9.17, 15) is 13.6 Å². The van der Waals surface area contributed by atoms with Crippen LogP contribution in [0.2, 0.25) is 0 Å². The second-order valence-corrected chi connectivity index (χ2v) is 3.38. The van der Waals surface area contributed by atoms with Crippen LogP contribution in [-0.4, -0.2) is 18.9 Å². The number of rotatable bonds is 3. The van der Waals surface area contributed by atoms with Crippen molar-refractivity contribution < 1.29 is 18.4 Å². The monoisotopic (exact) mass is 181 g/mol. The second-order valence-electron chi connectivity index (χ2n) is 3.38. The Bertz CT molecular complexity index is 154. The van der Waals surface area contributed by atoms with Gasteiger partial charge in [-0.1, -0.05) is 0 Å². The molecule has 1 N–H and O–H groups in total. The summed E-state index contributed by atoms with van der Waals surface area (Å²) in [6.07, 6.45) is -2.52. The Hall–Kier alpha value is -0.710. The van der Waals surface area contributed by atoms with E-state index in [-0.39, 0.29) is 0 Å². The fourth-order valence-electron chi connectivity index (χ4n) is 0.323. The van der Waals surface area contributed by atoms with Crippen LogP contribution in [0.15, 0.2) is 0 Å². The Morgan fingerprint density at radius 2 is 2.00 bits per heavy atom. The standard InChI is InChI=1S/C7H13F2NO2/c1-7(2,3)6(11)12-10-4-5(8)9/h5,10H,4H2,1-3H3. The highest BCUT2D eigenvalue weighted by molar-refractivity contribution is 5.75. The van der Waals surface area contributed by atoms with Crippen molar-refractivity contribution in [2.75, 3.05) is 6.54 Å². The zero-order valence-corrected chi connectivity index (χ0v) is 7.36. The normalized spacial score (nSPS) is 11.8. The van der Waals surface area contributed by atoms with Gasteiger partial charge in [-0.25, -0.2) is 13.6 Å². The van der Waals surface area contributed by atoms with Crippen molar-refractivity contribution in [2.24, 2.45) is 5.41 Å². The van der Waals surface area contributed by atoms with Crippen LogP contribution in [0.3, 0.4) is 0 Å². The van der Waals surface area contributed by atoms with E-state index in [4.69, 9.17) is 0 Å². The first kappa shape index (κ1) is 11.3. The maximum absolute atomic E-state index is 11.5. The summed E-state index contributed by atoms with van der Waals surface area (Å²) in [5.74, 6) is -0.553. The summed E-state index contributed by atoms with van der Waals surface area (Å²) < 4.78 is 23.1. The molecule has 0 bridgehead atoms. The van der Waals surface area contributed by atoms with E-state index in [1.807, 2.05) is 5.48 Å². The van der Waals surface area contributed by atoms with Gasteiger partial charge in [-0.3, -0.25) is 0 Å². The molecule has 0 heterocycles. The minimum absolute atomic E-state index is 0.553. The lowest BCUT2D eigenvalue weighted by molar-refractivity contribution is -0.162. The predicted octanol–water partition coefficient (Wildman–Crippen LogP) is 1.35. The second kappa shape index (κ2) is 4.35. The number of alkyl halides is 2. The van der Waals surface area contributed by atoms with Gasteiger partial charge in [0.25, 0.3) is 6.43 Å². The van der Waals surface area contributed by atoms with E-state index in [2.05, 4.69) is 4.84 Å². The van der Waals surface area contributed by atoms with Crippen molar-refractivity contribution in [3.63, 3.8) is 0 Å². The predicted molar refractivity (Wildman–Crippen MR) is 39.6 cm³/mol. The van der Waals surface area contributed by atoms with E-state index in [0.717, 1.165) is 0 Å². The lowest BCUT2D eigenvalue weighted by atomic mass is 9.98. The molecule has 0 fully saturated rings. The summed E-state index contributed by atoms with van der Waals surface area (Å²) in [4.78, 5) is 15.3. The van der Waals surface area contributed by atoms with Crippen LogP contribution in [0.1, 0.15) is 20.8 Å². The molecule has 0 rings (SSSR count). The number of halogens is 2. The van der Waals surface area contributed by atoms with Crippen molar-refractivity contribution in [1.82, 2.24) is 5.48 Å².